The van der Waals surface area contributed by atoms with Gasteiger partial charge in [0, 0.05) is 33.0 Å². The molecule has 0 atom stereocenters. The van der Waals surface area contributed by atoms with Crippen molar-refractivity contribution in [2.45, 2.75) is 0 Å². The highest BCUT2D eigenvalue weighted by atomic mass is 32.1. The van der Waals surface area contributed by atoms with E-state index in [1.54, 1.807) is 11.3 Å². The van der Waals surface area contributed by atoms with E-state index in [4.69, 9.17) is 4.98 Å². The highest BCUT2D eigenvalue weighted by Gasteiger charge is 2.19. The first-order valence-electron chi connectivity index (χ1n) is 14.1. The molecular formula is C39H26N2S. The van der Waals surface area contributed by atoms with Crippen molar-refractivity contribution in [2.75, 3.05) is 4.90 Å². The Bertz CT molecular complexity index is 2180. The number of pyridine rings is 1. The fourth-order valence-electron chi connectivity index (χ4n) is 5.86. The maximum absolute atomic E-state index is 4.71. The summed E-state index contributed by atoms with van der Waals surface area (Å²) in [6, 6.07) is 52.1. The second-order valence-corrected chi connectivity index (χ2v) is 11.6. The topological polar surface area (TPSA) is 16.1 Å². The molecule has 0 amide bonds. The molecule has 0 saturated carbocycles. The van der Waals surface area contributed by atoms with Crippen molar-refractivity contribution in [3.8, 4) is 22.3 Å². The molecule has 8 rings (SSSR count). The zero-order valence-electron chi connectivity index (χ0n) is 22.8. The first-order chi connectivity index (χ1) is 20.8. The lowest BCUT2D eigenvalue weighted by Gasteiger charge is -2.26. The van der Waals surface area contributed by atoms with Crippen LogP contribution in [-0.2, 0) is 0 Å². The Morgan fingerprint density at radius 3 is 1.81 bits per heavy atom. The van der Waals surface area contributed by atoms with Gasteiger partial charge < -0.3 is 4.90 Å². The first kappa shape index (κ1) is 24.5. The van der Waals surface area contributed by atoms with Crippen LogP contribution in [0.2, 0.25) is 0 Å². The van der Waals surface area contributed by atoms with Crippen molar-refractivity contribution < 1.29 is 0 Å². The zero-order chi connectivity index (χ0) is 27.9. The van der Waals surface area contributed by atoms with Crippen LogP contribution in [0.25, 0.3) is 53.2 Å². The fraction of sp³-hybridized carbons (Fsp3) is 0. The summed E-state index contributed by atoms with van der Waals surface area (Å²) in [6.07, 6.45) is 3.99. The lowest BCUT2D eigenvalue weighted by Crippen LogP contribution is -2.10. The molecule has 0 N–H and O–H groups in total. The van der Waals surface area contributed by atoms with Crippen LogP contribution in [-0.4, -0.2) is 4.98 Å². The summed E-state index contributed by atoms with van der Waals surface area (Å²) in [7, 11) is 0. The smallest absolute Gasteiger partial charge is 0.0738 e. The highest BCUT2D eigenvalue weighted by molar-refractivity contribution is 7.25. The molecule has 198 valence electrons. The van der Waals surface area contributed by atoms with Crippen LogP contribution in [0.4, 0.5) is 17.1 Å². The second kappa shape index (κ2) is 10.3. The highest BCUT2D eigenvalue weighted by Crippen LogP contribution is 2.44. The Morgan fingerprint density at radius 1 is 0.452 bits per heavy atom. The van der Waals surface area contributed by atoms with Gasteiger partial charge in [-0.25, -0.2) is 0 Å². The van der Waals surface area contributed by atoms with Gasteiger partial charge in [-0.2, -0.15) is 0 Å². The maximum Gasteiger partial charge on any atom is 0.0738 e. The van der Waals surface area contributed by atoms with Gasteiger partial charge in [0.25, 0.3) is 0 Å². The zero-order valence-corrected chi connectivity index (χ0v) is 23.6. The number of anilines is 3. The lowest BCUT2D eigenvalue weighted by atomic mass is 10.0. The molecule has 42 heavy (non-hydrogen) atoms. The van der Waals surface area contributed by atoms with Gasteiger partial charge in [0.05, 0.1) is 16.6 Å². The van der Waals surface area contributed by atoms with Crippen molar-refractivity contribution in [1.29, 1.82) is 0 Å². The Labute approximate surface area is 248 Å². The standard InChI is InChI=1S/C39H26N2S/c1-2-8-27(9-3-1)29-16-20-33(21-17-29)41(36-25-40-26-38-39(36)35-12-6-7-13-37(35)42-38)34-22-18-30(19-23-34)32-15-14-28-10-4-5-11-31(28)24-32/h1-26H. The van der Waals surface area contributed by atoms with Crippen LogP contribution in [0.15, 0.2) is 158 Å². The molecule has 0 radical (unpaired) electrons. The first-order valence-corrected chi connectivity index (χ1v) is 14.9. The molecule has 0 aliphatic carbocycles. The lowest BCUT2D eigenvalue weighted by molar-refractivity contribution is 1.26. The van der Waals surface area contributed by atoms with E-state index >= 15 is 0 Å². The molecule has 0 spiro atoms. The van der Waals surface area contributed by atoms with E-state index in [-0.39, 0.29) is 0 Å². The van der Waals surface area contributed by atoms with Crippen LogP contribution < -0.4 is 4.90 Å². The van der Waals surface area contributed by atoms with Crippen molar-refractivity contribution >= 4 is 59.3 Å². The average molecular weight is 555 g/mol. The summed E-state index contributed by atoms with van der Waals surface area (Å²) in [6.45, 7) is 0. The summed E-state index contributed by atoms with van der Waals surface area (Å²) in [5, 5.41) is 5.00. The van der Waals surface area contributed by atoms with E-state index in [0.717, 1.165) is 17.1 Å². The van der Waals surface area contributed by atoms with Crippen LogP contribution in [0.5, 0.6) is 0 Å². The summed E-state index contributed by atoms with van der Waals surface area (Å²) in [5.74, 6) is 0. The molecular weight excluding hydrogens is 529 g/mol. The summed E-state index contributed by atoms with van der Waals surface area (Å²) in [4.78, 5) is 7.05. The van der Waals surface area contributed by atoms with Gasteiger partial charge in [-0.3, -0.25) is 4.98 Å². The van der Waals surface area contributed by atoms with Crippen LogP contribution >= 0.6 is 11.3 Å². The van der Waals surface area contributed by atoms with Gasteiger partial charge >= 0.3 is 0 Å². The van der Waals surface area contributed by atoms with E-state index in [0.29, 0.717) is 0 Å². The van der Waals surface area contributed by atoms with Crippen molar-refractivity contribution in [3.05, 3.63) is 158 Å². The van der Waals surface area contributed by atoms with E-state index in [1.165, 1.54) is 53.2 Å². The van der Waals surface area contributed by atoms with Gasteiger partial charge in [-0.05, 0) is 69.4 Å². The monoisotopic (exact) mass is 554 g/mol. The molecule has 2 nitrogen and oxygen atoms in total. The number of fused-ring (bicyclic) bond motifs is 4. The number of rotatable bonds is 5. The maximum atomic E-state index is 4.71. The van der Waals surface area contributed by atoms with Crippen LogP contribution in [0.3, 0.4) is 0 Å². The minimum Gasteiger partial charge on any atom is -0.308 e. The fourth-order valence-corrected chi connectivity index (χ4v) is 6.96. The minimum atomic E-state index is 1.08. The van der Waals surface area contributed by atoms with Crippen molar-refractivity contribution in [1.82, 2.24) is 4.98 Å². The van der Waals surface area contributed by atoms with Gasteiger partial charge in [0.1, 0.15) is 0 Å². The van der Waals surface area contributed by atoms with E-state index in [2.05, 4.69) is 150 Å². The molecule has 6 aromatic carbocycles. The minimum absolute atomic E-state index is 1.08. The van der Waals surface area contributed by atoms with Gasteiger partial charge in [0.2, 0.25) is 0 Å². The second-order valence-electron chi connectivity index (χ2n) is 10.5. The largest absolute Gasteiger partial charge is 0.308 e. The van der Waals surface area contributed by atoms with E-state index in [1.807, 2.05) is 12.4 Å². The number of hydrogen-bond donors (Lipinski definition) is 0. The number of aromatic nitrogens is 1. The Hall–Kier alpha value is -5.25. The molecule has 0 saturated heterocycles. The summed E-state index contributed by atoms with van der Waals surface area (Å²) < 4.78 is 2.46. The van der Waals surface area contributed by atoms with Crippen LogP contribution in [0, 0.1) is 0 Å². The molecule has 0 aliphatic rings. The Kier molecular flexibility index (Phi) is 6.02. The molecule has 8 aromatic rings. The predicted octanol–water partition coefficient (Wildman–Crippen LogP) is 11.4. The third-order valence-corrected chi connectivity index (χ3v) is 9.05. The number of nitrogens with zero attached hydrogens (tertiary/aromatic N) is 2. The van der Waals surface area contributed by atoms with Crippen LogP contribution in [0.1, 0.15) is 0 Å². The molecule has 0 aliphatic heterocycles. The summed E-state index contributed by atoms with van der Waals surface area (Å²) in [5.41, 5.74) is 8.09. The quantitative estimate of drug-likeness (QED) is 0.210. The molecule has 2 heterocycles. The number of hydrogen-bond acceptors (Lipinski definition) is 3. The van der Waals surface area contributed by atoms with Crippen molar-refractivity contribution in [2.24, 2.45) is 0 Å². The van der Waals surface area contributed by atoms with Gasteiger partial charge in [-0.15, -0.1) is 11.3 Å². The average Bonchev–Trinajstić information content (AvgIpc) is 3.45. The molecule has 0 unspecified atom stereocenters. The molecule has 0 bridgehead atoms. The molecule has 3 heteroatoms. The van der Waals surface area contributed by atoms with E-state index < -0.39 is 0 Å². The normalized spacial score (nSPS) is 11.3. The number of benzene rings is 6. The third kappa shape index (κ3) is 4.32. The Balaban J connectivity index is 1.27. The molecule has 0 fully saturated rings. The summed E-state index contributed by atoms with van der Waals surface area (Å²) >= 11 is 1.79. The van der Waals surface area contributed by atoms with Gasteiger partial charge in [-0.1, -0.05) is 109 Å². The SMILES string of the molecule is c1ccc(-c2ccc(N(c3ccc(-c4ccc5ccccc5c4)cc3)c3cncc4sc5ccccc5c34)cc2)cc1. The van der Waals surface area contributed by atoms with Gasteiger partial charge in [0.15, 0.2) is 0 Å². The van der Waals surface area contributed by atoms with Crippen molar-refractivity contribution in [3.63, 3.8) is 0 Å². The van der Waals surface area contributed by atoms with E-state index in [9.17, 15) is 0 Å². The Morgan fingerprint density at radius 2 is 1.05 bits per heavy atom. The molecule has 2 aromatic heterocycles. The third-order valence-electron chi connectivity index (χ3n) is 7.95. The number of thiophene rings is 1. The predicted molar refractivity (Wildman–Crippen MR) is 180 cm³/mol.